The molecule has 0 saturated heterocycles. The van der Waals surface area contributed by atoms with Gasteiger partial charge in [0.05, 0.1) is 22.6 Å². The maximum absolute atomic E-state index is 12.6. The van der Waals surface area contributed by atoms with Crippen molar-refractivity contribution in [2.75, 3.05) is 17.1 Å². The van der Waals surface area contributed by atoms with Gasteiger partial charge in [-0.2, -0.15) is 0 Å². The molecule has 11 heteroatoms. The quantitative estimate of drug-likeness (QED) is 0.663. The second kappa shape index (κ2) is 7.32. The van der Waals surface area contributed by atoms with E-state index in [1.54, 1.807) is 6.07 Å². The van der Waals surface area contributed by atoms with Gasteiger partial charge in [0.2, 0.25) is 15.9 Å². The van der Waals surface area contributed by atoms with Gasteiger partial charge in [-0.1, -0.05) is 6.07 Å². The van der Waals surface area contributed by atoms with E-state index in [2.05, 4.69) is 10.0 Å². The standard InChI is InChI=1S/C15H17N3O6S2/c1-10(19)17-11-6-7-15(24-2)14(8-11)18-26(22,23)13-5-3-4-12(9-13)25(16,20)21/h3-9,18H,1-2H3,(H,17,19)(H2,16,20,21). The molecule has 9 nitrogen and oxygen atoms in total. The van der Waals surface area contributed by atoms with E-state index in [9.17, 15) is 21.6 Å². The van der Waals surface area contributed by atoms with E-state index < -0.39 is 20.0 Å². The number of amides is 1. The molecule has 0 heterocycles. The first-order valence-electron chi connectivity index (χ1n) is 7.14. The fourth-order valence-electron chi connectivity index (χ4n) is 2.09. The second-order valence-electron chi connectivity index (χ2n) is 5.22. The number of carbonyl (C=O) groups excluding carboxylic acids is 1. The van der Waals surface area contributed by atoms with Crippen LogP contribution < -0.4 is 19.9 Å². The zero-order valence-electron chi connectivity index (χ0n) is 13.9. The fourth-order valence-corrected chi connectivity index (χ4v) is 3.83. The summed E-state index contributed by atoms with van der Waals surface area (Å²) in [5, 5.41) is 7.56. The third kappa shape index (κ3) is 4.71. The molecule has 26 heavy (non-hydrogen) atoms. The van der Waals surface area contributed by atoms with Crippen molar-refractivity contribution in [3.63, 3.8) is 0 Å². The van der Waals surface area contributed by atoms with E-state index in [-0.39, 0.29) is 27.1 Å². The summed E-state index contributed by atoms with van der Waals surface area (Å²) in [4.78, 5) is 10.5. The fraction of sp³-hybridized carbons (Fsp3) is 0.133. The molecule has 1 amide bonds. The van der Waals surface area contributed by atoms with Crippen LogP contribution in [0.1, 0.15) is 6.92 Å². The monoisotopic (exact) mass is 399 g/mol. The lowest BCUT2D eigenvalue weighted by molar-refractivity contribution is -0.114. The summed E-state index contributed by atoms with van der Waals surface area (Å²) in [7, 11) is -6.84. The maximum Gasteiger partial charge on any atom is 0.262 e. The van der Waals surface area contributed by atoms with Crippen molar-refractivity contribution in [2.45, 2.75) is 16.7 Å². The highest BCUT2D eigenvalue weighted by atomic mass is 32.2. The van der Waals surface area contributed by atoms with Gasteiger partial charge in [0.15, 0.2) is 0 Å². The summed E-state index contributed by atoms with van der Waals surface area (Å²) in [6.45, 7) is 1.31. The number of rotatable bonds is 6. The number of sulfonamides is 2. The number of anilines is 2. The Bertz CT molecular complexity index is 1050. The van der Waals surface area contributed by atoms with Crippen LogP contribution in [-0.2, 0) is 24.8 Å². The Balaban J connectivity index is 2.45. The van der Waals surface area contributed by atoms with Crippen LogP contribution in [0.3, 0.4) is 0 Å². The predicted molar refractivity (Wildman–Crippen MR) is 95.9 cm³/mol. The van der Waals surface area contributed by atoms with Gasteiger partial charge in [0.1, 0.15) is 5.75 Å². The molecule has 2 aromatic carbocycles. The average Bonchev–Trinajstić information content (AvgIpc) is 2.53. The molecule has 0 radical (unpaired) electrons. The highest BCUT2D eigenvalue weighted by Gasteiger charge is 2.19. The summed E-state index contributed by atoms with van der Waals surface area (Å²) < 4.78 is 55.4. The van der Waals surface area contributed by atoms with Crippen molar-refractivity contribution in [3.8, 4) is 5.75 Å². The number of methoxy groups -OCH3 is 1. The van der Waals surface area contributed by atoms with E-state index in [0.717, 1.165) is 6.07 Å². The Kier molecular flexibility index (Phi) is 5.54. The third-order valence-corrected chi connectivity index (χ3v) is 5.48. The van der Waals surface area contributed by atoms with E-state index in [4.69, 9.17) is 9.88 Å². The summed E-state index contributed by atoms with van der Waals surface area (Å²) in [5.74, 6) is -0.116. The SMILES string of the molecule is COc1ccc(NC(C)=O)cc1NS(=O)(=O)c1cccc(S(N)(=O)=O)c1. The van der Waals surface area contributed by atoms with Gasteiger partial charge in [-0.25, -0.2) is 22.0 Å². The first-order valence-corrected chi connectivity index (χ1v) is 10.2. The highest BCUT2D eigenvalue weighted by molar-refractivity contribution is 7.93. The Hall–Kier alpha value is -2.63. The Morgan fingerprint density at radius 2 is 1.69 bits per heavy atom. The minimum absolute atomic E-state index is 0.0692. The lowest BCUT2D eigenvalue weighted by Gasteiger charge is -2.14. The summed E-state index contributed by atoms with van der Waals surface area (Å²) in [6.07, 6.45) is 0. The number of nitrogens with one attached hydrogen (secondary N) is 2. The molecule has 0 atom stereocenters. The molecule has 0 aliphatic heterocycles. The first kappa shape index (κ1) is 19.7. The molecule has 0 fully saturated rings. The van der Waals surface area contributed by atoms with Gasteiger partial charge >= 0.3 is 0 Å². The van der Waals surface area contributed by atoms with Crippen molar-refractivity contribution in [1.29, 1.82) is 0 Å². The van der Waals surface area contributed by atoms with Crippen LogP contribution in [0.25, 0.3) is 0 Å². The first-order chi connectivity index (χ1) is 12.0. The highest BCUT2D eigenvalue weighted by Crippen LogP contribution is 2.30. The number of benzene rings is 2. The maximum atomic E-state index is 12.6. The largest absolute Gasteiger partial charge is 0.495 e. The van der Waals surface area contributed by atoms with Gasteiger partial charge in [-0.15, -0.1) is 0 Å². The molecule has 0 spiro atoms. The Morgan fingerprint density at radius 3 is 2.27 bits per heavy atom. The van der Waals surface area contributed by atoms with Crippen LogP contribution in [0.4, 0.5) is 11.4 Å². The molecule has 140 valence electrons. The smallest absolute Gasteiger partial charge is 0.262 e. The normalized spacial score (nSPS) is 11.7. The second-order valence-corrected chi connectivity index (χ2v) is 8.47. The summed E-state index contributed by atoms with van der Waals surface area (Å²) in [5.41, 5.74) is 0.425. The molecule has 2 aromatic rings. The van der Waals surface area contributed by atoms with Crippen molar-refractivity contribution >= 4 is 37.3 Å². The van der Waals surface area contributed by atoms with Crippen molar-refractivity contribution < 1.29 is 26.4 Å². The number of ether oxygens (including phenoxy) is 1. The van der Waals surface area contributed by atoms with Gasteiger partial charge in [-0.3, -0.25) is 9.52 Å². The minimum Gasteiger partial charge on any atom is -0.495 e. The van der Waals surface area contributed by atoms with Crippen molar-refractivity contribution in [3.05, 3.63) is 42.5 Å². The van der Waals surface area contributed by atoms with Crippen molar-refractivity contribution in [1.82, 2.24) is 0 Å². The van der Waals surface area contributed by atoms with E-state index in [0.29, 0.717) is 5.69 Å². The van der Waals surface area contributed by atoms with E-state index in [1.165, 1.54) is 44.4 Å². The molecule has 0 saturated carbocycles. The van der Waals surface area contributed by atoms with E-state index >= 15 is 0 Å². The van der Waals surface area contributed by atoms with Crippen molar-refractivity contribution in [2.24, 2.45) is 5.14 Å². The molecular formula is C15H17N3O6S2. The lowest BCUT2D eigenvalue weighted by atomic mass is 10.2. The number of nitrogens with two attached hydrogens (primary N) is 1. The molecule has 0 aliphatic carbocycles. The van der Waals surface area contributed by atoms with Crippen LogP contribution in [0.2, 0.25) is 0 Å². The summed E-state index contributed by atoms with van der Waals surface area (Å²) >= 11 is 0. The molecule has 0 unspecified atom stereocenters. The molecule has 0 aliphatic rings. The van der Waals surface area contributed by atoms with Crippen LogP contribution in [0, 0.1) is 0 Å². The Labute approximate surface area is 151 Å². The molecule has 4 N–H and O–H groups in total. The molecule has 0 aromatic heterocycles. The zero-order valence-corrected chi connectivity index (χ0v) is 15.5. The third-order valence-electron chi connectivity index (χ3n) is 3.21. The van der Waals surface area contributed by atoms with Crippen LogP contribution >= 0.6 is 0 Å². The summed E-state index contributed by atoms with van der Waals surface area (Å²) in [6, 6.07) is 9.01. The van der Waals surface area contributed by atoms with Gasteiger partial charge < -0.3 is 10.1 Å². The van der Waals surface area contributed by atoms with Crippen LogP contribution in [0.5, 0.6) is 5.75 Å². The number of primary sulfonamides is 1. The lowest BCUT2D eigenvalue weighted by Crippen LogP contribution is -2.16. The average molecular weight is 399 g/mol. The number of hydrogen-bond donors (Lipinski definition) is 3. The van der Waals surface area contributed by atoms with Gasteiger partial charge in [0.25, 0.3) is 10.0 Å². The number of hydrogen-bond acceptors (Lipinski definition) is 6. The van der Waals surface area contributed by atoms with Crippen LogP contribution in [0.15, 0.2) is 52.3 Å². The van der Waals surface area contributed by atoms with E-state index in [1.807, 2.05) is 0 Å². The minimum atomic E-state index is -4.14. The topological polar surface area (TPSA) is 145 Å². The molecule has 2 rings (SSSR count). The van der Waals surface area contributed by atoms with Gasteiger partial charge in [-0.05, 0) is 36.4 Å². The Morgan fingerprint density at radius 1 is 1.04 bits per heavy atom. The molecular weight excluding hydrogens is 382 g/mol. The molecule has 0 bridgehead atoms. The van der Waals surface area contributed by atoms with Crippen LogP contribution in [-0.4, -0.2) is 29.9 Å². The van der Waals surface area contributed by atoms with Gasteiger partial charge in [0, 0.05) is 12.6 Å². The number of carbonyl (C=O) groups is 1. The zero-order chi connectivity index (χ0) is 19.5. The predicted octanol–water partition coefficient (Wildman–Crippen LogP) is 1.10.